The van der Waals surface area contributed by atoms with Crippen LogP contribution in [0, 0.1) is 11.3 Å². The molecule has 2 amide bonds. The first-order chi connectivity index (χ1) is 14.9. The molecule has 3 aromatic rings. The highest BCUT2D eigenvalue weighted by Gasteiger charge is 2.34. The molecule has 2 aromatic carbocycles. The normalized spacial score (nSPS) is 18.7. The molecule has 1 aliphatic rings. The molecule has 0 fully saturated rings. The second-order valence-electron chi connectivity index (χ2n) is 7.59. The quantitative estimate of drug-likeness (QED) is 0.633. The largest absolute Gasteiger partial charge is 0.456 e. The van der Waals surface area contributed by atoms with Crippen molar-refractivity contribution in [1.29, 1.82) is 5.26 Å². The fraction of sp³-hybridized carbons (Fsp3) is 0.217. The summed E-state index contributed by atoms with van der Waals surface area (Å²) >= 11 is 0. The predicted molar refractivity (Wildman–Crippen MR) is 112 cm³/mol. The molecule has 0 aliphatic carbocycles. The molecule has 0 radical (unpaired) electrons. The van der Waals surface area contributed by atoms with Crippen molar-refractivity contribution in [1.82, 2.24) is 20.2 Å². The number of hydrogen-bond donors (Lipinski definition) is 2. The van der Waals surface area contributed by atoms with Gasteiger partial charge in [0.15, 0.2) is 0 Å². The van der Waals surface area contributed by atoms with Gasteiger partial charge in [0.05, 0.1) is 36.7 Å². The van der Waals surface area contributed by atoms with Crippen molar-refractivity contribution in [2.75, 3.05) is 6.54 Å². The van der Waals surface area contributed by atoms with E-state index in [1.165, 1.54) is 0 Å². The first kappa shape index (κ1) is 20.2. The molecule has 8 nitrogen and oxygen atoms in total. The van der Waals surface area contributed by atoms with Crippen LogP contribution >= 0.6 is 0 Å². The lowest BCUT2D eigenvalue weighted by Gasteiger charge is -2.32. The van der Waals surface area contributed by atoms with Crippen molar-refractivity contribution < 1.29 is 14.3 Å². The van der Waals surface area contributed by atoms with Gasteiger partial charge >= 0.3 is 0 Å². The zero-order valence-electron chi connectivity index (χ0n) is 17.2. The number of hydrogen-bond acceptors (Lipinski definition) is 5. The lowest BCUT2D eigenvalue weighted by molar-refractivity contribution is -0.126. The number of rotatable bonds is 1. The highest BCUT2D eigenvalue weighted by Crippen LogP contribution is 2.34. The summed E-state index contributed by atoms with van der Waals surface area (Å²) in [5.74, 6) is 0.251. The average Bonchev–Trinajstić information content (AvgIpc) is 3.18. The zero-order chi connectivity index (χ0) is 22.0. The molecule has 4 bridgehead atoms. The number of carbonyl (C=O) groups is 2. The van der Waals surface area contributed by atoms with Crippen LogP contribution in [0.2, 0.25) is 0 Å². The third-order valence-corrected chi connectivity index (χ3v) is 5.33. The Morgan fingerprint density at radius 3 is 2.77 bits per heavy atom. The van der Waals surface area contributed by atoms with Crippen LogP contribution in [0.3, 0.4) is 0 Å². The van der Waals surface area contributed by atoms with Crippen molar-refractivity contribution >= 4 is 11.8 Å². The Hall–Kier alpha value is -4.12. The monoisotopic (exact) mass is 415 g/mol. The van der Waals surface area contributed by atoms with Gasteiger partial charge < -0.3 is 19.9 Å². The van der Waals surface area contributed by atoms with Gasteiger partial charge in [-0.3, -0.25) is 9.59 Å². The number of aromatic nitrogens is 2. The zero-order valence-corrected chi connectivity index (χ0v) is 17.2. The molecule has 156 valence electrons. The smallest absolute Gasteiger partial charge is 0.240 e. The number of ether oxygens (including phenoxy) is 1. The Balaban J connectivity index is 1.89. The summed E-state index contributed by atoms with van der Waals surface area (Å²) in [6.07, 6.45) is 3.42. The van der Waals surface area contributed by atoms with Crippen LogP contribution in [0.5, 0.6) is 11.5 Å². The maximum Gasteiger partial charge on any atom is 0.240 e. The van der Waals surface area contributed by atoms with Crippen molar-refractivity contribution in [3.8, 4) is 17.6 Å². The van der Waals surface area contributed by atoms with Crippen LogP contribution in [-0.2, 0) is 28.6 Å². The van der Waals surface area contributed by atoms with E-state index in [1.54, 1.807) is 55.0 Å². The van der Waals surface area contributed by atoms with Gasteiger partial charge in [0.1, 0.15) is 23.1 Å². The molecule has 2 heterocycles. The van der Waals surface area contributed by atoms with Crippen molar-refractivity contribution in [2.45, 2.75) is 18.9 Å². The minimum atomic E-state index is -0.981. The van der Waals surface area contributed by atoms with Crippen LogP contribution in [-0.4, -0.2) is 27.9 Å². The summed E-state index contributed by atoms with van der Waals surface area (Å²) in [5, 5.41) is 15.3. The Labute approximate surface area is 179 Å². The summed E-state index contributed by atoms with van der Waals surface area (Å²) in [6, 6.07) is 14.5. The number of nitrogens with one attached hydrogen (secondary N) is 2. The first-order valence-electron chi connectivity index (χ1n) is 9.75. The molecule has 4 rings (SSSR count). The first-order valence-corrected chi connectivity index (χ1v) is 9.75. The Kier molecular flexibility index (Phi) is 5.17. The van der Waals surface area contributed by atoms with Gasteiger partial charge in [-0.1, -0.05) is 18.2 Å². The van der Waals surface area contributed by atoms with E-state index in [2.05, 4.69) is 21.7 Å². The van der Waals surface area contributed by atoms with Crippen molar-refractivity contribution in [2.24, 2.45) is 7.05 Å². The van der Waals surface area contributed by atoms with E-state index in [9.17, 15) is 14.9 Å². The predicted octanol–water partition coefficient (Wildman–Crippen LogP) is 2.14. The summed E-state index contributed by atoms with van der Waals surface area (Å²) in [5.41, 5.74) is 1.56. The van der Waals surface area contributed by atoms with E-state index >= 15 is 0 Å². The summed E-state index contributed by atoms with van der Waals surface area (Å²) in [6.45, 7) is 1.69. The summed E-state index contributed by atoms with van der Waals surface area (Å²) in [4.78, 5) is 29.3. The number of fused-ring (bicyclic) bond motifs is 4. The molecule has 1 aromatic heterocycles. The lowest BCUT2D eigenvalue weighted by Crippen LogP contribution is -2.49. The van der Waals surface area contributed by atoms with E-state index in [1.807, 2.05) is 18.5 Å². The Morgan fingerprint density at radius 2 is 2.03 bits per heavy atom. The number of benzene rings is 2. The minimum Gasteiger partial charge on any atom is -0.456 e. The van der Waals surface area contributed by atoms with Gasteiger partial charge in [-0.2, -0.15) is 5.26 Å². The lowest BCUT2D eigenvalue weighted by atomic mass is 9.87. The van der Waals surface area contributed by atoms with Crippen LogP contribution in [0.4, 0.5) is 0 Å². The van der Waals surface area contributed by atoms with Crippen LogP contribution in [0.25, 0.3) is 0 Å². The Bertz CT molecular complexity index is 1210. The second kappa shape index (κ2) is 7.95. The van der Waals surface area contributed by atoms with Gasteiger partial charge in [-0.15, -0.1) is 0 Å². The molecular weight excluding hydrogens is 394 g/mol. The maximum absolute atomic E-state index is 12.8. The molecule has 1 aliphatic heterocycles. The highest BCUT2D eigenvalue weighted by molar-refractivity contribution is 5.86. The van der Waals surface area contributed by atoms with Crippen molar-refractivity contribution in [3.63, 3.8) is 0 Å². The molecule has 2 N–H and O–H groups in total. The third-order valence-electron chi connectivity index (χ3n) is 5.33. The molecule has 1 unspecified atom stereocenters. The van der Waals surface area contributed by atoms with Gasteiger partial charge in [-0.05, 0) is 42.3 Å². The maximum atomic E-state index is 12.8. The van der Waals surface area contributed by atoms with E-state index in [-0.39, 0.29) is 24.8 Å². The van der Waals surface area contributed by atoms with Gasteiger partial charge in [0.2, 0.25) is 11.8 Å². The van der Waals surface area contributed by atoms with Crippen LogP contribution in [0.15, 0.2) is 55.0 Å². The summed E-state index contributed by atoms with van der Waals surface area (Å²) in [7, 11) is 1.83. The fourth-order valence-electron chi connectivity index (χ4n) is 3.73. The Morgan fingerprint density at radius 1 is 1.19 bits per heavy atom. The van der Waals surface area contributed by atoms with Gasteiger partial charge in [-0.25, -0.2) is 4.98 Å². The molecule has 0 spiro atoms. The van der Waals surface area contributed by atoms with Gasteiger partial charge in [0.25, 0.3) is 0 Å². The van der Waals surface area contributed by atoms with E-state index < -0.39 is 5.54 Å². The van der Waals surface area contributed by atoms with Crippen molar-refractivity contribution in [3.05, 3.63) is 77.4 Å². The number of imidazole rings is 1. The topological polar surface area (TPSA) is 109 Å². The third kappa shape index (κ3) is 3.98. The highest BCUT2D eigenvalue weighted by atomic mass is 16.5. The SMILES string of the molecule is Cn1cncc1C1(C)NC(=O)CNC(=O)Cc2cccc(c2)Oc2cc1ccc2C#N. The van der Waals surface area contributed by atoms with Crippen LogP contribution in [0.1, 0.15) is 29.3 Å². The molecule has 31 heavy (non-hydrogen) atoms. The summed E-state index contributed by atoms with van der Waals surface area (Å²) < 4.78 is 7.85. The number of nitriles is 1. The fourth-order valence-corrected chi connectivity index (χ4v) is 3.73. The molecule has 8 heteroatoms. The van der Waals surface area contributed by atoms with Gasteiger partial charge in [0, 0.05) is 7.05 Å². The molecular formula is C23H21N5O3. The average molecular weight is 415 g/mol. The van der Waals surface area contributed by atoms with E-state index in [0.29, 0.717) is 22.6 Å². The minimum absolute atomic E-state index is 0.106. The number of nitrogens with zero attached hydrogens (tertiary/aromatic N) is 3. The van der Waals surface area contributed by atoms with E-state index in [4.69, 9.17) is 4.74 Å². The van der Waals surface area contributed by atoms with E-state index in [0.717, 1.165) is 11.3 Å². The second-order valence-corrected chi connectivity index (χ2v) is 7.59. The number of aryl methyl sites for hydroxylation is 1. The standard InChI is InChI=1S/C23H21N5O3/c1-23(20-12-25-14-28(20)2)17-7-6-16(11-24)19(10-17)31-18-5-3-4-15(8-18)9-21(29)26-13-22(30)27-23/h3-8,10,12,14H,9,13H2,1-2H3,(H,26,29)(H,27,30). The van der Waals surface area contributed by atoms with Crippen LogP contribution < -0.4 is 15.4 Å². The number of amides is 2. The molecule has 0 saturated heterocycles. The molecule has 0 saturated carbocycles. The number of carbonyl (C=O) groups excluding carboxylic acids is 2. The molecule has 1 atom stereocenters.